The van der Waals surface area contributed by atoms with E-state index in [-0.39, 0.29) is 0 Å². The molecule has 0 aromatic rings. The highest BCUT2D eigenvalue weighted by Crippen LogP contribution is 2.34. The zero-order chi connectivity index (χ0) is 12.4. The van der Waals surface area contributed by atoms with E-state index in [0.717, 1.165) is 17.8 Å². The predicted octanol–water partition coefficient (Wildman–Crippen LogP) is 6.06. The van der Waals surface area contributed by atoms with Crippen LogP contribution in [0.5, 0.6) is 0 Å². The Balaban J connectivity index is 4.34. The molecule has 3 unspecified atom stereocenters. The van der Waals surface area contributed by atoms with Crippen molar-refractivity contribution in [3.63, 3.8) is 0 Å². The van der Waals surface area contributed by atoms with Crippen LogP contribution in [0.3, 0.4) is 0 Å². The van der Waals surface area contributed by atoms with Gasteiger partial charge in [-0.2, -0.15) is 0 Å². The summed E-state index contributed by atoms with van der Waals surface area (Å²) in [7, 11) is 0. The van der Waals surface area contributed by atoms with Gasteiger partial charge in [0, 0.05) is 0 Å². The first-order valence-electron chi connectivity index (χ1n) is 7.71. The van der Waals surface area contributed by atoms with Crippen LogP contribution in [0.2, 0.25) is 0 Å². The third kappa shape index (κ3) is 5.92. The molecule has 0 heteroatoms. The van der Waals surface area contributed by atoms with Crippen molar-refractivity contribution in [2.24, 2.45) is 17.8 Å². The van der Waals surface area contributed by atoms with E-state index in [4.69, 9.17) is 0 Å². The van der Waals surface area contributed by atoms with Gasteiger partial charge < -0.3 is 0 Å². The first-order valence-corrected chi connectivity index (χ1v) is 7.71. The number of unbranched alkanes of at least 4 members (excludes halogenated alkanes) is 1. The van der Waals surface area contributed by atoms with Crippen LogP contribution in [-0.4, -0.2) is 0 Å². The molecule has 3 atom stereocenters. The van der Waals surface area contributed by atoms with Gasteiger partial charge >= 0.3 is 0 Å². The smallest absolute Gasteiger partial charge is 0.0360 e. The first-order chi connectivity index (χ1) is 7.71. The number of rotatable bonds is 10. The summed E-state index contributed by atoms with van der Waals surface area (Å²) >= 11 is 0. The minimum atomic E-state index is 0.938. The summed E-state index contributed by atoms with van der Waals surface area (Å²) < 4.78 is 0. The van der Waals surface area contributed by atoms with Crippen molar-refractivity contribution < 1.29 is 0 Å². The molecular weight excluding hydrogens is 192 g/mol. The lowest BCUT2D eigenvalue weighted by atomic mass is 9.74. The Labute approximate surface area is 104 Å². The van der Waals surface area contributed by atoms with Gasteiger partial charge in [-0.3, -0.25) is 0 Å². The van der Waals surface area contributed by atoms with Crippen LogP contribution >= 0.6 is 0 Å². The molecule has 0 radical (unpaired) electrons. The Morgan fingerprint density at radius 1 is 0.750 bits per heavy atom. The van der Waals surface area contributed by atoms with E-state index in [1.165, 1.54) is 51.4 Å². The third-order valence-electron chi connectivity index (χ3n) is 4.16. The Hall–Kier alpha value is 0. The fourth-order valence-electron chi connectivity index (χ4n) is 3.19. The van der Waals surface area contributed by atoms with Gasteiger partial charge in [0.25, 0.3) is 0 Å². The molecule has 0 fully saturated rings. The second-order valence-electron chi connectivity index (χ2n) is 5.53. The lowest BCUT2D eigenvalue weighted by Crippen LogP contribution is -2.21. The van der Waals surface area contributed by atoms with Crippen molar-refractivity contribution >= 4 is 0 Å². The molecular formula is C16H34. The third-order valence-corrected chi connectivity index (χ3v) is 4.16. The highest BCUT2D eigenvalue weighted by atomic mass is 14.3. The zero-order valence-corrected chi connectivity index (χ0v) is 12.4. The monoisotopic (exact) mass is 226 g/mol. The van der Waals surface area contributed by atoms with Crippen molar-refractivity contribution in [2.75, 3.05) is 0 Å². The Kier molecular flexibility index (Phi) is 10.2. The van der Waals surface area contributed by atoms with Crippen molar-refractivity contribution in [1.29, 1.82) is 0 Å². The molecule has 0 aliphatic heterocycles. The van der Waals surface area contributed by atoms with E-state index >= 15 is 0 Å². The molecule has 0 spiro atoms. The van der Waals surface area contributed by atoms with Gasteiger partial charge in [0.15, 0.2) is 0 Å². The molecule has 98 valence electrons. The van der Waals surface area contributed by atoms with E-state index in [2.05, 4.69) is 34.6 Å². The summed E-state index contributed by atoms with van der Waals surface area (Å²) in [6, 6.07) is 0. The molecule has 0 amide bonds. The van der Waals surface area contributed by atoms with E-state index < -0.39 is 0 Å². The van der Waals surface area contributed by atoms with Crippen LogP contribution in [0.4, 0.5) is 0 Å². The maximum Gasteiger partial charge on any atom is -0.0360 e. The molecule has 16 heavy (non-hydrogen) atoms. The molecule has 0 aliphatic rings. The van der Waals surface area contributed by atoms with Gasteiger partial charge in [-0.25, -0.2) is 0 Å². The standard InChI is InChI=1S/C16H34/c1-6-10-13-16(14(5)11-7-2)15(9-4)12-8-3/h14-16H,6-13H2,1-5H3. The van der Waals surface area contributed by atoms with Gasteiger partial charge in [0.05, 0.1) is 0 Å². The summed E-state index contributed by atoms with van der Waals surface area (Å²) in [4.78, 5) is 0. The number of hydrogen-bond donors (Lipinski definition) is 0. The molecule has 0 saturated heterocycles. The molecule has 0 aromatic heterocycles. The summed E-state index contributed by atoms with van der Waals surface area (Å²) in [5.41, 5.74) is 0. The fraction of sp³-hybridized carbons (Fsp3) is 1.00. The van der Waals surface area contributed by atoms with Gasteiger partial charge in [-0.1, -0.05) is 79.6 Å². The average Bonchev–Trinajstić information content (AvgIpc) is 2.28. The maximum absolute atomic E-state index is 2.49. The van der Waals surface area contributed by atoms with Gasteiger partial charge in [0.2, 0.25) is 0 Å². The molecule has 0 aliphatic carbocycles. The van der Waals surface area contributed by atoms with Crippen LogP contribution < -0.4 is 0 Å². The molecule has 0 N–H and O–H groups in total. The quantitative estimate of drug-likeness (QED) is 0.425. The molecule has 0 saturated carbocycles. The Bertz CT molecular complexity index is 139. The first kappa shape index (κ1) is 16.0. The Morgan fingerprint density at radius 2 is 1.38 bits per heavy atom. The van der Waals surface area contributed by atoms with E-state index in [1.807, 2.05) is 0 Å². The molecule has 0 heterocycles. The lowest BCUT2D eigenvalue weighted by molar-refractivity contribution is 0.192. The summed E-state index contributed by atoms with van der Waals surface area (Å²) in [5, 5.41) is 0. The van der Waals surface area contributed by atoms with Crippen molar-refractivity contribution in [1.82, 2.24) is 0 Å². The Morgan fingerprint density at radius 3 is 1.81 bits per heavy atom. The van der Waals surface area contributed by atoms with Crippen LogP contribution in [0, 0.1) is 17.8 Å². The van der Waals surface area contributed by atoms with E-state index in [9.17, 15) is 0 Å². The van der Waals surface area contributed by atoms with Crippen molar-refractivity contribution in [3.8, 4) is 0 Å². The van der Waals surface area contributed by atoms with Gasteiger partial charge in [-0.05, 0) is 24.2 Å². The molecule has 0 bridgehead atoms. The van der Waals surface area contributed by atoms with E-state index in [0.29, 0.717) is 0 Å². The summed E-state index contributed by atoms with van der Waals surface area (Å²) in [6.45, 7) is 11.9. The largest absolute Gasteiger partial charge is 0.0654 e. The molecule has 0 aromatic carbocycles. The van der Waals surface area contributed by atoms with Crippen molar-refractivity contribution in [3.05, 3.63) is 0 Å². The lowest BCUT2D eigenvalue weighted by Gasteiger charge is -2.31. The van der Waals surface area contributed by atoms with Crippen LogP contribution in [0.25, 0.3) is 0 Å². The SMILES string of the molecule is CCCCC(C(C)CCC)C(CC)CCC. The zero-order valence-electron chi connectivity index (χ0n) is 12.4. The molecule has 0 nitrogen and oxygen atoms in total. The van der Waals surface area contributed by atoms with Gasteiger partial charge in [-0.15, -0.1) is 0 Å². The summed E-state index contributed by atoms with van der Waals surface area (Å²) in [5.74, 6) is 2.91. The van der Waals surface area contributed by atoms with Crippen LogP contribution in [-0.2, 0) is 0 Å². The second-order valence-corrected chi connectivity index (χ2v) is 5.53. The predicted molar refractivity (Wildman–Crippen MR) is 75.8 cm³/mol. The maximum atomic E-state index is 2.49. The van der Waals surface area contributed by atoms with Crippen LogP contribution in [0.1, 0.15) is 86.0 Å². The highest BCUT2D eigenvalue weighted by molar-refractivity contribution is 4.74. The molecule has 0 rings (SSSR count). The second kappa shape index (κ2) is 10.2. The fourth-order valence-corrected chi connectivity index (χ4v) is 3.19. The average molecular weight is 226 g/mol. The van der Waals surface area contributed by atoms with Crippen molar-refractivity contribution in [2.45, 2.75) is 86.0 Å². The number of hydrogen-bond acceptors (Lipinski definition) is 0. The minimum Gasteiger partial charge on any atom is -0.0654 e. The van der Waals surface area contributed by atoms with E-state index in [1.54, 1.807) is 0 Å². The van der Waals surface area contributed by atoms with Crippen LogP contribution in [0.15, 0.2) is 0 Å². The normalized spacial score (nSPS) is 17.1. The highest BCUT2D eigenvalue weighted by Gasteiger charge is 2.23. The summed E-state index contributed by atoms with van der Waals surface area (Å²) in [6.07, 6.45) is 11.2. The van der Waals surface area contributed by atoms with Gasteiger partial charge in [0.1, 0.15) is 0 Å². The topological polar surface area (TPSA) is 0 Å². The minimum absolute atomic E-state index is 0.938.